The van der Waals surface area contributed by atoms with Crippen molar-refractivity contribution in [2.75, 3.05) is 5.32 Å². The molecule has 98 valence electrons. The zero-order valence-electron chi connectivity index (χ0n) is 9.79. The quantitative estimate of drug-likeness (QED) is 0.886. The molecule has 2 N–H and O–H groups in total. The monoisotopic (exact) mass is 280 g/mol. The minimum absolute atomic E-state index is 0.114. The van der Waals surface area contributed by atoms with Crippen LogP contribution in [0.25, 0.3) is 0 Å². The number of carboxylic acid groups (broad SMARTS) is 1. The summed E-state index contributed by atoms with van der Waals surface area (Å²) < 4.78 is 1.52. The smallest absolute Gasteiger partial charge is 0.358 e. The summed E-state index contributed by atoms with van der Waals surface area (Å²) in [6.07, 6.45) is 4.09. The van der Waals surface area contributed by atoms with E-state index in [0.29, 0.717) is 5.02 Å². The third-order valence-electron chi connectivity index (χ3n) is 2.34. The van der Waals surface area contributed by atoms with Crippen LogP contribution in [0.3, 0.4) is 0 Å². The minimum Gasteiger partial charge on any atom is -0.476 e. The molecule has 2 aromatic heterocycles. The Morgan fingerprint density at radius 3 is 2.63 bits per heavy atom. The van der Waals surface area contributed by atoms with Crippen molar-refractivity contribution in [2.24, 2.45) is 7.05 Å². The van der Waals surface area contributed by atoms with E-state index >= 15 is 0 Å². The molecular weight excluding hydrogens is 272 g/mol. The lowest BCUT2D eigenvalue weighted by molar-refractivity contribution is 0.0691. The van der Waals surface area contributed by atoms with Crippen LogP contribution in [0.15, 0.2) is 24.7 Å². The Morgan fingerprint density at radius 2 is 2.05 bits per heavy atom. The summed E-state index contributed by atoms with van der Waals surface area (Å²) in [4.78, 5) is 30.3. The molecule has 0 saturated heterocycles. The van der Waals surface area contributed by atoms with Gasteiger partial charge in [0.25, 0.3) is 5.91 Å². The summed E-state index contributed by atoms with van der Waals surface area (Å²) >= 11 is 5.77. The Morgan fingerprint density at radius 1 is 1.37 bits per heavy atom. The maximum Gasteiger partial charge on any atom is 0.358 e. The van der Waals surface area contributed by atoms with Gasteiger partial charge in [-0.3, -0.25) is 4.79 Å². The Kier molecular flexibility index (Phi) is 3.48. The first-order valence-electron chi connectivity index (χ1n) is 5.16. The maximum atomic E-state index is 12.0. The van der Waals surface area contributed by atoms with Gasteiger partial charge in [0.1, 0.15) is 5.69 Å². The van der Waals surface area contributed by atoms with Gasteiger partial charge in [0.15, 0.2) is 11.5 Å². The second-order valence-corrected chi connectivity index (χ2v) is 4.10. The second kappa shape index (κ2) is 5.07. The number of carbonyl (C=O) groups is 2. The number of aryl methyl sites for hydroxylation is 1. The van der Waals surface area contributed by atoms with Gasteiger partial charge in [0.2, 0.25) is 0 Å². The molecule has 0 aliphatic carbocycles. The van der Waals surface area contributed by atoms with Gasteiger partial charge >= 0.3 is 5.97 Å². The fourth-order valence-electron chi connectivity index (χ4n) is 1.51. The lowest BCUT2D eigenvalue weighted by atomic mass is 10.3. The first-order valence-corrected chi connectivity index (χ1v) is 5.54. The van der Waals surface area contributed by atoms with Gasteiger partial charge in [-0.2, -0.15) is 0 Å². The first-order chi connectivity index (χ1) is 8.99. The lowest BCUT2D eigenvalue weighted by Crippen LogP contribution is -2.19. The van der Waals surface area contributed by atoms with Crippen molar-refractivity contribution in [1.82, 2.24) is 14.5 Å². The molecule has 8 heteroatoms. The Bertz CT molecular complexity index is 653. The summed E-state index contributed by atoms with van der Waals surface area (Å²) in [6, 6.07) is 1.47. The fraction of sp³-hybridized carbons (Fsp3) is 0.0909. The molecule has 2 heterocycles. The average molecular weight is 281 g/mol. The topological polar surface area (TPSA) is 97.1 Å². The highest BCUT2D eigenvalue weighted by molar-refractivity contribution is 6.31. The molecular formula is C11H9ClN4O3. The van der Waals surface area contributed by atoms with Gasteiger partial charge in [-0.05, 0) is 6.07 Å². The van der Waals surface area contributed by atoms with Crippen molar-refractivity contribution >= 4 is 29.3 Å². The minimum atomic E-state index is -1.27. The molecule has 0 aliphatic heterocycles. The molecule has 0 unspecified atom stereocenters. The van der Waals surface area contributed by atoms with Crippen LogP contribution in [0.5, 0.6) is 0 Å². The van der Waals surface area contributed by atoms with Crippen LogP contribution in [0, 0.1) is 0 Å². The van der Waals surface area contributed by atoms with Crippen molar-refractivity contribution < 1.29 is 14.7 Å². The van der Waals surface area contributed by atoms with Crippen LogP contribution >= 0.6 is 11.6 Å². The van der Waals surface area contributed by atoms with E-state index in [0.717, 1.165) is 0 Å². The van der Waals surface area contributed by atoms with Crippen molar-refractivity contribution in [1.29, 1.82) is 0 Å². The Labute approximate surface area is 112 Å². The molecule has 7 nitrogen and oxygen atoms in total. The number of hydrogen-bond acceptors (Lipinski definition) is 4. The number of amides is 1. The van der Waals surface area contributed by atoms with E-state index in [-0.39, 0.29) is 17.2 Å². The number of carbonyl (C=O) groups excluding carboxylic acids is 1. The van der Waals surface area contributed by atoms with E-state index < -0.39 is 11.9 Å². The van der Waals surface area contributed by atoms with E-state index in [1.165, 1.54) is 23.0 Å². The summed E-state index contributed by atoms with van der Waals surface area (Å²) in [6.45, 7) is 0. The molecule has 2 rings (SSSR count). The van der Waals surface area contributed by atoms with Crippen molar-refractivity contribution in [3.8, 4) is 0 Å². The molecule has 0 aromatic carbocycles. The number of hydrogen-bond donors (Lipinski definition) is 2. The van der Waals surface area contributed by atoms with Gasteiger partial charge in [0, 0.05) is 25.6 Å². The Balaban J connectivity index is 2.29. The number of halogens is 1. The second-order valence-electron chi connectivity index (χ2n) is 3.67. The molecule has 0 aliphatic rings. The van der Waals surface area contributed by atoms with Crippen molar-refractivity contribution in [2.45, 2.75) is 0 Å². The van der Waals surface area contributed by atoms with Crippen LogP contribution in [0.2, 0.25) is 5.02 Å². The van der Waals surface area contributed by atoms with Gasteiger partial charge < -0.3 is 15.0 Å². The highest BCUT2D eigenvalue weighted by atomic mass is 35.5. The van der Waals surface area contributed by atoms with Crippen molar-refractivity contribution in [3.63, 3.8) is 0 Å². The molecule has 0 saturated carbocycles. The molecule has 0 radical (unpaired) electrons. The zero-order valence-corrected chi connectivity index (χ0v) is 10.5. The highest BCUT2D eigenvalue weighted by Crippen LogP contribution is 2.15. The number of nitrogens with one attached hydrogen (secondary N) is 1. The number of aromatic nitrogens is 3. The predicted octanol–water partition coefficient (Wildman–Crippen LogP) is 1.42. The van der Waals surface area contributed by atoms with Gasteiger partial charge in [-0.1, -0.05) is 11.6 Å². The zero-order chi connectivity index (χ0) is 14.0. The summed E-state index contributed by atoms with van der Waals surface area (Å²) in [7, 11) is 1.65. The van der Waals surface area contributed by atoms with E-state index in [4.69, 9.17) is 16.7 Å². The SMILES string of the molecule is Cn1cc(Cl)cc1C(=O)Nc1nccnc1C(=O)O. The standard InChI is InChI=1S/C11H9ClN4O3/c1-16-5-6(12)4-7(16)10(17)15-9-8(11(18)19)13-2-3-14-9/h2-5H,1H3,(H,18,19)(H,14,15,17). The lowest BCUT2D eigenvalue weighted by Gasteiger charge is -2.06. The molecule has 0 fully saturated rings. The third kappa shape index (κ3) is 2.71. The normalized spacial score (nSPS) is 10.2. The highest BCUT2D eigenvalue weighted by Gasteiger charge is 2.17. The number of carboxylic acids is 1. The maximum absolute atomic E-state index is 12.0. The fourth-order valence-corrected chi connectivity index (χ4v) is 1.76. The van der Waals surface area contributed by atoms with E-state index in [2.05, 4.69) is 15.3 Å². The summed E-state index contributed by atoms with van der Waals surface area (Å²) in [5.41, 5.74) is -0.0388. The van der Waals surface area contributed by atoms with Crippen LogP contribution in [-0.2, 0) is 7.05 Å². The Hall–Kier alpha value is -2.41. The first kappa shape index (κ1) is 13.0. The third-order valence-corrected chi connectivity index (χ3v) is 2.54. The van der Waals surface area contributed by atoms with Crippen LogP contribution in [0.4, 0.5) is 5.82 Å². The molecule has 0 atom stereocenters. The largest absolute Gasteiger partial charge is 0.476 e. The predicted molar refractivity (Wildman–Crippen MR) is 67.4 cm³/mol. The van der Waals surface area contributed by atoms with Gasteiger partial charge in [0.05, 0.1) is 5.02 Å². The van der Waals surface area contributed by atoms with Crippen LogP contribution in [-0.4, -0.2) is 31.5 Å². The number of anilines is 1. The number of aromatic carboxylic acids is 1. The van der Waals surface area contributed by atoms with Crippen molar-refractivity contribution in [3.05, 3.63) is 41.1 Å². The molecule has 2 aromatic rings. The average Bonchev–Trinajstić information content (AvgIpc) is 2.69. The summed E-state index contributed by atoms with van der Waals surface area (Å²) in [5.74, 6) is -1.90. The molecule has 0 spiro atoms. The van der Waals surface area contributed by atoms with Crippen LogP contribution in [0.1, 0.15) is 21.0 Å². The van der Waals surface area contributed by atoms with Gasteiger partial charge in [-0.15, -0.1) is 0 Å². The number of rotatable bonds is 3. The van der Waals surface area contributed by atoms with E-state index in [1.54, 1.807) is 13.2 Å². The molecule has 0 bridgehead atoms. The summed E-state index contributed by atoms with van der Waals surface area (Å²) in [5, 5.41) is 11.7. The van der Waals surface area contributed by atoms with E-state index in [9.17, 15) is 9.59 Å². The van der Waals surface area contributed by atoms with Crippen LogP contribution < -0.4 is 5.32 Å². The molecule has 19 heavy (non-hydrogen) atoms. The van der Waals surface area contributed by atoms with Gasteiger partial charge in [-0.25, -0.2) is 14.8 Å². The van der Waals surface area contributed by atoms with E-state index in [1.807, 2.05) is 0 Å². The number of nitrogens with zero attached hydrogens (tertiary/aromatic N) is 3. The molecule has 1 amide bonds.